The van der Waals surface area contributed by atoms with Gasteiger partial charge in [0.05, 0.1) is 11.4 Å². The number of carbonyl (C=O) groups is 1. The molecule has 5 rings (SSSR count). The molecular formula is C25H29N5O. The van der Waals surface area contributed by atoms with Gasteiger partial charge >= 0.3 is 0 Å². The maximum Gasteiger partial charge on any atom is 0.272 e. The summed E-state index contributed by atoms with van der Waals surface area (Å²) in [6.07, 6.45) is 5.93. The van der Waals surface area contributed by atoms with E-state index in [1.165, 1.54) is 5.69 Å². The fraction of sp³-hybridized carbons (Fsp3) is 0.400. The van der Waals surface area contributed by atoms with E-state index in [9.17, 15) is 4.79 Å². The summed E-state index contributed by atoms with van der Waals surface area (Å²) in [5.41, 5.74) is 3.50. The van der Waals surface area contributed by atoms with Crippen molar-refractivity contribution in [1.29, 1.82) is 0 Å². The Hall–Kier alpha value is -3.15. The van der Waals surface area contributed by atoms with Gasteiger partial charge in [-0.1, -0.05) is 19.9 Å². The molecule has 1 atom stereocenters. The molecule has 0 aliphatic carbocycles. The van der Waals surface area contributed by atoms with Crippen molar-refractivity contribution in [2.75, 3.05) is 24.5 Å². The quantitative estimate of drug-likeness (QED) is 0.641. The third-order valence-electron chi connectivity index (χ3n) is 6.60. The van der Waals surface area contributed by atoms with Crippen LogP contribution in [-0.4, -0.2) is 45.0 Å². The number of anilines is 1. The van der Waals surface area contributed by atoms with E-state index in [1.54, 1.807) is 0 Å². The van der Waals surface area contributed by atoms with Crippen LogP contribution in [0.4, 0.5) is 5.69 Å². The molecule has 0 radical (unpaired) electrons. The molecule has 0 bridgehead atoms. The van der Waals surface area contributed by atoms with E-state index in [0.29, 0.717) is 24.7 Å². The van der Waals surface area contributed by atoms with Crippen LogP contribution in [0.2, 0.25) is 0 Å². The number of hydrogen-bond donors (Lipinski definition) is 0. The SMILES string of the molecule is Cc1cccc(C(=O)N2CC[C@]3(C2)c2cccn2-c2ncccc2N3CCC(C)C)n1. The summed E-state index contributed by atoms with van der Waals surface area (Å²) in [5.74, 6) is 1.59. The van der Waals surface area contributed by atoms with Crippen molar-refractivity contribution >= 4 is 11.6 Å². The molecule has 1 amide bonds. The van der Waals surface area contributed by atoms with Crippen molar-refractivity contribution in [2.24, 2.45) is 5.92 Å². The minimum absolute atomic E-state index is 0.0134. The van der Waals surface area contributed by atoms with E-state index in [0.717, 1.165) is 36.6 Å². The average Bonchev–Trinajstić information content (AvgIpc) is 3.42. The van der Waals surface area contributed by atoms with Crippen molar-refractivity contribution in [3.8, 4) is 5.82 Å². The Morgan fingerprint density at radius 1 is 1.16 bits per heavy atom. The molecule has 0 unspecified atom stereocenters. The van der Waals surface area contributed by atoms with Gasteiger partial charge in [-0.25, -0.2) is 9.97 Å². The highest BCUT2D eigenvalue weighted by atomic mass is 16.2. The van der Waals surface area contributed by atoms with Gasteiger partial charge in [0.15, 0.2) is 5.82 Å². The molecule has 2 aliphatic heterocycles. The van der Waals surface area contributed by atoms with E-state index >= 15 is 0 Å². The minimum Gasteiger partial charge on any atom is -0.355 e. The number of fused-ring (bicyclic) bond motifs is 4. The minimum atomic E-state index is -0.256. The molecule has 1 saturated heterocycles. The van der Waals surface area contributed by atoms with Crippen LogP contribution in [0, 0.1) is 12.8 Å². The number of carbonyl (C=O) groups excluding carboxylic acids is 1. The Morgan fingerprint density at radius 2 is 2.03 bits per heavy atom. The van der Waals surface area contributed by atoms with Gasteiger partial charge in [0.2, 0.25) is 0 Å². The maximum absolute atomic E-state index is 13.3. The molecule has 6 nitrogen and oxygen atoms in total. The Balaban J connectivity index is 1.55. The molecule has 0 N–H and O–H groups in total. The van der Waals surface area contributed by atoms with Gasteiger partial charge in [0.25, 0.3) is 5.91 Å². The molecule has 5 heterocycles. The van der Waals surface area contributed by atoms with Gasteiger partial charge in [-0.3, -0.25) is 4.79 Å². The summed E-state index contributed by atoms with van der Waals surface area (Å²) in [5, 5.41) is 0. The second-order valence-corrected chi connectivity index (χ2v) is 9.12. The number of aromatic nitrogens is 3. The lowest BCUT2D eigenvalue weighted by Gasteiger charge is -2.47. The number of likely N-dealkylation sites (tertiary alicyclic amines) is 1. The van der Waals surface area contributed by atoms with Crippen LogP contribution in [0.3, 0.4) is 0 Å². The molecule has 3 aromatic heterocycles. The van der Waals surface area contributed by atoms with Crippen LogP contribution >= 0.6 is 0 Å². The van der Waals surface area contributed by atoms with Crippen molar-refractivity contribution in [3.05, 3.63) is 71.9 Å². The lowest BCUT2D eigenvalue weighted by Crippen LogP contribution is -2.53. The number of nitrogens with zero attached hydrogens (tertiary/aromatic N) is 5. The fourth-order valence-corrected chi connectivity index (χ4v) is 5.04. The third-order valence-corrected chi connectivity index (χ3v) is 6.60. The van der Waals surface area contributed by atoms with Crippen molar-refractivity contribution < 1.29 is 4.79 Å². The van der Waals surface area contributed by atoms with Gasteiger partial charge < -0.3 is 14.4 Å². The average molecular weight is 416 g/mol. The highest BCUT2D eigenvalue weighted by Gasteiger charge is 2.50. The Kier molecular flexibility index (Phi) is 4.80. The van der Waals surface area contributed by atoms with E-state index in [-0.39, 0.29) is 11.4 Å². The fourth-order valence-electron chi connectivity index (χ4n) is 5.04. The standard InChI is InChI=1S/C25H29N5O/c1-18(2)11-15-30-21-9-5-13-26-23(21)29-14-6-10-22(29)25(30)12-16-28(17-25)24(31)20-8-4-7-19(3)27-20/h4-10,13-14,18H,11-12,15-17H2,1-3H3/t25-/m0/s1. The topological polar surface area (TPSA) is 54.3 Å². The summed E-state index contributed by atoms with van der Waals surface area (Å²) >= 11 is 0. The van der Waals surface area contributed by atoms with Crippen LogP contribution < -0.4 is 4.90 Å². The highest BCUT2D eigenvalue weighted by molar-refractivity contribution is 5.92. The summed E-state index contributed by atoms with van der Waals surface area (Å²) in [6, 6.07) is 14.1. The molecule has 2 aliphatic rings. The summed E-state index contributed by atoms with van der Waals surface area (Å²) < 4.78 is 2.21. The molecule has 1 fully saturated rings. The van der Waals surface area contributed by atoms with Crippen LogP contribution in [0.25, 0.3) is 5.82 Å². The van der Waals surface area contributed by atoms with Crippen LogP contribution in [0.5, 0.6) is 0 Å². The second kappa shape index (κ2) is 7.52. The van der Waals surface area contributed by atoms with Gasteiger partial charge in [0.1, 0.15) is 11.2 Å². The van der Waals surface area contributed by atoms with Gasteiger partial charge in [0, 0.05) is 37.7 Å². The zero-order valence-electron chi connectivity index (χ0n) is 18.5. The largest absolute Gasteiger partial charge is 0.355 e. The summed E-state index contributed by atoms with van der Waals surface area (Å²) in [4.78, 5) is 27.0. The normalized spacial score (nSPS) is 19.7. The molecule has 31 heavy (non-hydrogen) atoms. The number of pyridine rings is 2. The van der Waals surface area contributed by atoms with E-state index in [2.05, 4.69) is 52.7 Å². The van der Waals surface area contributed by atoms with Gasteiger partial charge in [-0.15, -0.1) is 0 Å². The number of hydrogen-bond acceptors (Lipinski definition) is 4. The Bertz CT molecular complexity index is 1120. The zero-order valence-corrected chi connectivity index (χ0v) is 18.5. The monoisotopic (exact) mass is 415 g/mol. The first-order chi connectivity index (χ1) is 15.0. The molecule has 1 spiro atoms. The number of amides is 1. The van der Waals surface area contributed by atoms with Gasteiger partial charge in [-0.05, 0) is 62.1 Å². The number of rotatable bonds is 4. The second-order valence-electron chi connectivity index (χ2n) is 9.12. The predicted octanol–water partition coefficient (Wildman–Crippen LogP) is 4.18. The Labute approximate surface area is 183 Å². The third kappa shape index (κ3) is 3.21. The smallest absolute Gasteiger partial charge is 0.272 e. The van der Waals surface area contributed by atoms with Crippen LogP contribution in [0.15, 0.2) is 54.9 Å². The predicted molar refractivity (Wildman–Crippen MR) is 122 cm³/mol. The molecule has 6 heteroatoms. The molecule has 0 aromatic carbocycles. The Morgan fingerprint density at radius 3 is 2.84 bits per heavy atom. The highest BCUT2D eigenvalue weighted by Crippen LogP contribution is 2.47. The lowest BCUT2D eigenvalue weighted by molar-refractivity contribution is 0.0776. The lowest BCUT2D eigenvalue weighted by atomic mass is 9.88. The molecule has 0 saturated carbocycles. The first-order valence-corrected chi connectivity index (χ1v) is 11.1. The molecular weight excluding hydrogens is 386 g/mol. The van der Waals surface area contributed by atoms with E-state index in [4.69, 9.17) is 4.98 Å². The number of aryl methyl sites for hydroxylation is 1. The summed E-state index contributed by atoms with van der Waals surface area (Å²) in [6.45, 7) is 8.75. The molecule has 3 aromatic rings. The van der Waals surface area contributed by atoms with Crippen LogP contribution in [-0.2, 0) is 5.54 Å². The van der Waals surface area contributed by atoms with Gasteiger partial charge in [-0.2, -0.15) is 0 Å². The summed E-state index contributed by atoms with van der Waals surface area (Å²) in [7, 11) is 0. The maximum atomic E-state index is 13.3. The van der Waals surface area contributed by atoms with E-state index in [1.807, 2.05) is 42.3 Å². The van der Waals surface area contributed by atoms with Crippen molar-refractivity contribution in [1.82, 2.24) is 19.4 Å². The first kappa shape index (κ1) is 19.8. The van der Waals surface area contributed by atoms with E-state index < -0.39 is 0 Å². The van der Waals surface area contributed by atoms with Crippen molar-refractivity contribution in [3.63, 3.8) is 0 Å². The van der Waals surface area contributed by atoms with Crippen LogP contribution in [0.1, 0.15) is 48.6 Å². The van der Waals surface area contributed by atoms with Crippen molar-refractivity contribution in [2.45, 2.75) is 39.2 Å². The molecule has 160 valence electrons. The first-order valence-electron chi connectivity index (χ1n) is 11.1. The zero-order chi connectivity index (χ0) is 21.6.